The molecule has 0 unspecified atom stereocenters. The van der Waals surface area contributed by atoms with E-state index in [0.717, 1.165) is 17.5 Å². The average molecular weight is 410 g/mol. The van der Waals surface area contributed by atoms with Gasteiger partial charge in [-0.15, -0.1) is 0 Å². The molecular formula is C21H32FN3O4. The van der Waals surface area contributed by atoms with Crippen LogP contribution in [0.1, 0.15) is 37.3 Å². The van der Waals surface area contributed by atoms with Crippen LogP contribution >= 0.6 is 0 Å². The lowest BCUT2D eigenvalue weighted by Crippen LogP contribution is -2.45. The molecule has 0 radical (unpaired) electrons. The summed E-state index contributed by atoms with van der Waals surface area (Å²) in [5.41, 5.74) is 6.85. The number of hydrogen-bond acceptors (Lipinski definition) is 5. The van der Waals surface area contributed by atoms with E-state index in [1.807, 2.05) is 31.0 Å². The number of benzene rings is 1. The number of primary amides is 1. The van der Waals surface area contributed by atoms with Crippen LogP contribution in [-0.4, -0.2) is 66.6 Å². The number of carbonyl (C=O) groups is 2. The van der Waals surface area contributed by atoms with Crippen LogP contribution in [0.25, 0.3) is 0 Å². The van der Waals surface area contributed by atoms with Gasteiger partial charge >= 0.3 is 0 Å². The van der Waals surface area contributed by atoms with Crippen molar-refractivity contribution in [3.05, 3.63) is 35.4 Å². The van der Waals surface area contributed by atoms with E-state index < -0.39 is 24.9 Å². The van der Waals surface area contributed by atoms with Crippen molar-refractivity contribution in [2.24, 2.45) is 5.73 Å². The Morgan fingerprint density at radius 1 is 1.31 bits per heavy atom. The Morgan fingerprint density at radius 2 is 1.97 bits per heavy atom. The Kier molecular flexibility index (Phi) is 9.00. The summed E-state index contributed by atoms with van der Waals surface area (Å²) in [5.74, 6) is -0.605. The molecule has 1 fully saturated rings. The number of carbonyl (C=O) groups excluding carboxylic acids is 2. The summed E-state index contributed by atoms with van der Waals surface area (Å²) in [6, 6.07) is 6.76. The van der Waals surface area contributed by atoms with E-state index in [2.05, 4.69) is 5.32 Å². The number of rotatable bonds is 10. The second-order valence-electron chi connectivity index (χ2n) is 7.84. The van der Waals surface area contributed by atoms with E-state index >= 15 is 0 Å². The molecule has 4 N–H and O–H groups in total. The number of aliphatic hydroxyl groups excluding tert-OH is 1. The number of alkyl halides is 1. The molecule has 0 saturated carbocycles. The molecule has 1 aliphatic heterocycles. The van der Waals surface area contributed by atoms with Crippen molar-refractivity contribution in [2.45, 2.75) is 63.5 Å². The van der Waals surface area contributed by atoms with Crippen LogP contribution in [-0.2, 0) is 27.2 Å². The van der Waals surface area contributed by atoms with Crippen molar-refractivity contribution < 1.29 is 23.8 Å². The molecule has 1 aromatic rings. The molecule has 1 heterocycles. The van der Waals surface area contributed by atoms with Gasteiger partial charge in [0.15, 0.2) is 6.29 Å². The molecule has 0 spiro atoms. The van der Waals surface area contributed by atoms with Crippen molar-refractivity contribution in [1.82, 2.24) is 10.2 Å². The van der Waals surface area contributed by atoms with Gasteiger partial charge in [-0.2, -0.15) is 0 Å². The summed E-state index contributed by atoms with van der Waals surface area (Å²) < 4.78 is 18.7. The number of halogens is 1. The first kappa shape index (κ1) is 23.3. The lowest BCUT2D eigenvalue weighted by atomic mass is 10.0. The summed E-state index contributed by atoms with van der Waals surface area (Å²) in [7, 11) is 1.92. The zero-order chi connectivity index (χ0) is 21.4. The van der Waals surface area contributed by atoms with Gasteiger partial charge in [0.2, 0.25) is 11.8 Å². The molecule has 162 valence electrons. The maximum Gasteiger partial charge on any atom is 0.221 e. The number of hydrogen-bond donors (Lipinski definition) is 3. The highest BCUT2D eigenvalue weighted by atomic mass is 19.1. The summed E-state index contributed by atoms with van der Waals surface area (Å²) in [5, 5.41) is 12.5. The Hall–Kier alpha value is -2.03. The third kappa shape index (κ3) is 8.08. The molecular weight excluding hydrogens is 377 g/mol. The van der Waals surface area contributed by atoms with Gasteiger partial charge in [0.25, 0.3) is 0 Å². The maximum atomic E-state index is 13.4. The van der Waals surface area contributed by atoms with Gasteiger partial charge in [0, 0.05) is 25.4 Å². The first-order valence-electron chi connectivity index (χ1n) is 10.0. The molecule has 0 aromatic heterocycles. The highest BCUT2D eigenvalue weighted by molar-refractivity contribution is 5.77. The van der Waals surface area contributed by atoms with Crippen molar-refractivity contribution in [2.75, 3.05) is 20.3 Å². The summed E-state index contributed by atoms with van der Waals surface area (Å²) in [4.78, 5) is 25.3. The molecule has 1 aromatic carbocycles. The third-order valence-corrected chi connectivity index (χ3v) is 5.22. The van der Waals surface area contributed by atoms with Crippen LogP contribution in [0.5, 0.6) is 0 Å². The normalized spacial score (nSPS) is 23.0. The van der Waals surface area contributed by atoms with E-state index in [1.54, 1.807) is 12.1 Å². The Morgan fingerprint density at radius 3 is 2.55 bits per heavy atom. The van der Waals surface area contributed by atoms with Crippen molar-refractivity contribution in [1.29, 1.82) is 0 Å². The van der Waals surface area contributed by atoms with E-state index in [9.17, 15) is 19.1 Å². The van der Waals surface area contributed by atoms with Gasteiger partial charge in [-0.05, 0) is 37.9 Å². The van der Waals surface area contributed by atoms with E-state index in [1.165, 1.54) is 0 Å². The van der Waals surface area contributed by atoms with Gasteiger partial charge in [-0.3, -0.25) is 9.59 Å². The monoisotopic (exact) mass is 409 g/mol. The van der Waals surface area contributed by atoms with Crippen LogP contribution in [0.2, 0.25) is 0 Å². The van der Waals surface area contributed by atoms with Crippen LogP contribution in [0, 0.1) is 0 Å². The van der Waals surface area contributed by atoms with Gasteiger partial charge < -0.3 is 25.8 Å². The number of ether oxygens (including phenoxy) is 1. The average Bonchev–Trinajstić information content (AvgIpc) is 2.65. The number of aliphatic hydroxyl groups is 1. The molecule has 0 aliphatic carbocycles. The molecule has 4 atom stereocenters. The molecule has 2 amide bonds. The van der Waals surface area contributed by atoms with Crippen LogP contribution in [0.3, 0.4) is 0 Å². The fourth-order valence-corrected chi connectivity index (χ4v) is 3.63. The van der Waals surface area contributed by atoms with Gasteiger partial charge in [0.1, 0.15) is 6.67 Å². The van der Waals surface area contributed by atoms with Crippen LogP contribution in [0.15, 0.2) is 24.3 Å². The number of nitrogens with two attached hydrogens (primary N) is 1. The molecule has 29 heavy (non-hydrogen) atoms. The van der Waals surface area contributed by atoms with Crippen molar-refractivity contribution in [3.8, 4) is 0 Å². The van der Waals surface area contributed by atoms with Crippen LogP contribution in [0.4, 0.5) is 4.39 Å². The number of nitrogens with zero attached hydrogens (tertiary/aromatic N) is 1. The SMILES string of the molecule is C[C@@H]1C[C@H](N(C)CCC(=O)N[C@H](CF)Cc2ccc(CC(N)=O)cc2)C[C@H](O)O1. The summed E-state index contributed by atoms with van der Waals surface area (Å²) >= 11 is 0. The van der Waals surface area contributed by atoms with Gasteiger partial charge in [-0.1, -0.05) is 24.3 Å². The predicted octanol–water partition coefficient (Wildman–Crippen LogP) is 0.919. The Labute approximate surface area is 171 Å². The fraction of sp³-hybridized carbons (Fsp3) is 0.619. The quantitative estimate of drug-likeness (QED) is 0.533. The molecule has 8 heteroatoms. The first-order valence-corrected chi connectivity index (χ1v) is 10.0. The first-order chi connectivity index (χ1) is 13.8. The number of nitrogens with one attached hydrogen (secondary N) is 1. The highest BCUT2D eigenvalue weighted by Crippen LogP contribution is 2.21. The Balaban J connectivity index is 1.78. The minimum atomic E-state index is -0.773. The zero-order valence-corrected chi connectivity index (χ0v) is 17.1. The standard InChI is InChI=1S/C21H32FN3O4/c1-14-9-18(12-21(28)29-14)25(2)8-7-20(27)24-17(13-22)10-15-3-5-16(6-4-15)11-19(23)26/h3-6,14,17-18,21,28H,7-13H2,1-2H3,(H2,23,26)(H,24,27)/t14-,17+,18+,21-/m1/s1. The van der Waals surface area contributed by atoms with Crippen molar-refractivity contribution >= 4 is 11.8 Å². The largest absolute Gasteiger partial charge is 0.369 e. The maximum absolute atomic E-state index is 13.4. The van der Waals surface area contributed by atoms with Crippen LogP contribution < -0.4 is 11.1 Å². The Bertz CT molecular complexity index is 660. The van der Waals surface area contributed by atoms with E-state index in [4.69, 9.17) is 10.5 Å². The van der Waals surface area contributed by atoms with Crippen molar-refractivity contribution in [3.63, 3.8) is 0 Å². The summed E-state index contributed by atoms with van der Waals surface area (Å²) in [6.07, 6.45) is 1.32. The minimum Gasteiger partial charge on any atom is -0.369 e. The lowest BCUT2D eigenvalue weighted by molar-refractivity contribution is -0.173. The second-order valence-corrected chi connectivity index (χ2v) is 7.84. The molecule has 1 saturated heterocycles. The predicted molar refractivity (Wildman–Crippen MR) is 108 cm³/mol. The molecule has 0 bridgehead atoms. The highest BCUT2D eigenvalue weighted by Gasteiger charge is 2.28. The third-order valence-electron chi connectivity index (χ3n) is 5.22. The second kappa shape index (κ2) is 11.2. The zero-order valence-electron chi connectivity index (χ0n) is 17.1. The minimum absolute atomic E-state index is 0.0229. The summed E-state index contributed by atoms with van der Waals surface area (Å²) in [6.45, 7) is 1.78. The van der Waals surface area contributed by atoms with Gasteiger partial charge in [-0.25, -0.2) is 4.39 Å². The molecule has 7 nitrogen and oxygen atoms in total. The fourth-order valence-electron chi connectivity index (χ4n) is 3.63. The lowest BCUT2D eigenvalue weighted by Gasteiger charge is -2.36. The van der Waals surface area contributed by atoms with Gasteiger partial charge in [0.05, 0.1) is 18.6 Å². The topological polar surface area (TPSA) is 105 Å². The molecule has 2 rings (SSSR count). The number of amides is 2. The van der Waals surface area contributed by atoms with E-state index in [0.29, 0.717) is 19.4 Å². The molecule has 1 aliphatic rings. The smallest absolute Gasteiger partial charge is 0.221 e. The van der Waals surface area contributed by atoms with E-state index in [-0.39, 0.29) is 30.9 Å².